The number of nitrogens with zero attached hydrogens (tertiary/aromatic N) is 2. The molecule has 9 heteroatoms. The predicted octanol–water partition coefficient (Wildman–Crippen LogP) is 4.48. The van der Waals surface area contributed by atoms with Crippen LogP contribution in [0.3, 0.4) is 0 Å². The molecule has 3 aromatic rings. The Kier molecular flexibility index (Phi) is 8.66. The van der Waals surface area contributed by atoms with Crippen molar-refractivity contribution in [1.82, 2.24) is 9.97 Å². The molecule has 0 radical (unpaired) electrons. The topological polar surface area (TPSA) is 101 Å². The third-order valence-corrected chi connectivity index (χ3v) is 6.76. The van der Waals surface area contributed by atoms with Crippen LogP contribution in [0, 0.1) is 5.92 Å². The van der Waals surface area contributed by atoms with E-state index >= 15 is 0 Å². The second kappa shape index (κ2) is 11.4. The molecule has 0 bridgehead atoms. The highest BCUT2D eigenvalue weighted by atomic mass is 35.5. The third-order valence-electron chi connectivity index (χ3n) is 5.04. The van der Waals surface area contributed by atoms with Gasteiger partial charge in [-0.3, -0.25) is 4.72 Å². The Bertz CT molecular complexity index is 1170. The summed E-state index contributed by atoms with van der Waals surface area (Å²) in [6, 6.07) is 14.1. The number of halogens is 1. The standard InChI is InChI=1S/C24H28ClN3O4S/c1-17(2)7-8-18-9-11-20(12-10-18)33(30,31)28-23-21(15-19-5-3-4-6-22(19)25)24(27-16-26-23)32-14-13-29/h3-6,9-12,16-17,29H,7-8,13-15H2,1-2H3,(H,26,27,28). The number of nitrogens with one attached hydrogen (secondary N) is 1. The quantitative estimate of drug-likeness (QED) is 0.411. The zero-order chi connectivity index (χ0) is 23.8. The lowest BCUT2D eigenvalue weighted by Crippen LogP contribution is -2.17. The molecule has 0 fully saturated rings. The predicted molar refractivity (Wildman–Crippen MR) is 129 cm³/mol. The second-order valence-corrected chi connectivity index (χ2v) is 10.1. The maximum atomic E-state index is 13.1. The van der Waals surface area contributed by atoms with E-state index in [2.05, 4.69) is 28.5 Å². The van der Waals surface area contributed by atoms with Crippen molar-refractivity contribution in [3.8, 4) is 5.88 Å². The molecule has 176 valence electrons. The molecule has 0 spiro atoms. The van der Waals surface area contributed by atoms with Crippen LogP contribution in [-0.2, 0) is 22.9 Å². The zero-order valence-corrected chi connectivity index (χ0v) is 20.2. The maximum absolute atomic E-state index is 13.1. The number of aliphatic hydroxyl groups is 1. The van der Waals surface area contributed by atoms with E-state index in [1.807, 2.05) is 30.3 Å². The van der Waals surface area contributed by atoms with Crippen molar-refractivity contribution in [3.63, 3.8) is 0 Å². The Morgan fingerprint density at radius 1 is 1.09 bits per heavy atom. The molecule has 2 aromatic carbocycles. The molecule has 1 heterocycles. The van der Waals surface area contributed by atoms with Gasteiger partial charge in [-0.1, -0.05) is 55.8 Å². The Labute approximate surface area is 199 Å². The van der Waals surface area contributed by atoms with Crippen LogP contribution in [-0.4, -0.2) is 36.7 Å². The van der Waals surface area contributed by atoms with E-state index in [1.165, 1.54) is 6.33 Å². The average Bonchev–Trinajstić information content (AvgIpc) is 2.79. The van der Waals surface area contributed by atoms with E-state index in [-0.39, 0.29) is 36.2 Å². The molecule has 0 aliphatic rings. The number of aryl methyl sites for hydroxylation is 1. The van der Waals surface area contributed by atoms with Gasteiger partial charge in [0.05, 0.1) is 17.1 Å². The number of hydrogen-bond acceptors (Lipinski definition) is 6. The van der Waals surface area contributed by atoms with Crippen LogP contribution in [0.25, 0.3) is 0 Å². The molecule has 7 nitrogen and oxygen atoms in total. The van der Waals surface area contributed by atoms with E-state index in [4.69, 9.17) is 21.4 Å². The summed E-state index contributed by atoms with van der Waals surface area (Å²) in [7, 11) is -3.90. The zero-order valence-electron chi connectivity index (χ0n) is 18.7. The molecule has 1 aromatic heterocycles. The minimum Gasteiger partial charge on any atom is -0.475 e. The van der Waals surface area contributed by atoms with E-state index in [0.717, 1.165) is 24.0 Å². The van der Waals surface area contributed by atoms with Gasteiger partial charge in [-0.05, 0) is 48.1 Å². The first-order chi connectivity index (χ1) is 15.8. The Morgan fingerprint density at radius 2 is 1.82 bits per heavy atom. The number of rotatable bonds is 11. The molecule has 0 atom stereocenters. The Hall–Kier alpha value is -2.68. The molecular weight excluding hydrogens is 462 g/mol. The third kappa shape index (κ3) is 6.90. The molecule has 0 saturated heterocycles. The van der Waals surface area contributed by atoms with Crippen molar-refractivity contribution in [2.45, 2.75) is 38.0 Å². The van der Waals surface area contributed by atoms with Crippen LogP contribution in [0.5, 0.6) is 5.88 Å². The summed E-state index contributed by atoms with van der Waals surface area (Å²) in [6.07, 6.45) is 3.39. The van der Waals surface area contributed by atoms with E-state index in [0.29, 0.717) is 16.5 Å². The summed E-state index contributed by atoms with van der Waals surface area (Å²) in [5, 5.41) is 9.67. The lowest BCUT2D eigenvalue weighted by Gasteiger charge is -2.16. The summed E-state index contributed by atoms with van der Waals surface area (Å²) >= 11 is 6.31. The molecule has 3 rings (SSSR count). The van der Waals surface area contributed by atoms with Gasteiger partial charge >= 0.3 is 0 Å². The number of ether oxygens (including phenoxy) is 1. The van der Waals surface area contributed by atoms with Gasteiger partial charge in [0.1, 0.15) is 12.9 Å². The molecule has 33 heavy (non-hydrogen) atoms. The monoisotopic (exact) mass is 489 g/mol. The van der Waals surface area contributed by atoms with Crippen molar-refractivity contribution in [2.24, 2.45) is 5.92 Å². The fourth-order valence-corrected chi connectivity index (χ4v) is 4.46. The number of aromatic nitrogens is 2. The van der Waals surface area contributed by atoms with Crippen molar-refractivity contribution in [3.05, 3.63) is 76.6 Å². The van der Waals surface area contributed by atoms with Gasteiger partial charge in [-0.2, -0.15) is 0 Å². The lowest BCUT2D eigenvalue weighted by molar-refractivity contribution is 0.195. The van der Waals surface area contributed by atoms with Gasteiger partial charge in [-0.25, -0.2) is 18.4 Å². The highest BCUT2D eigenvalue weighted by Crippen LogP contribution is 2.29. The second-order valence-electron chi connectivity index (χ2n) is 8.03. The number of anilines is 1. The smallest absolute Gasteiger partial charge is 0.263 e. The number of aliphatic hydroxyl groups excluding tert-OH is 1. The largest absolute Gasteiger partial charge is 0.475 e. The summed E-state index contributed by atoms with van der Waals surface area (Å²) in [4.78, 5) is 8.43. The van der Waals surface area contributed by atoms with Crippen LogP contribution >= 0.6 is 11.6 Å². The van der Waals surface area contributed by atoms with Crippen molar-refractivity contribution in [1.29, 1.82) is 0 Å². The minimum atomic E-state index is -3.90. The van der Waals surface area contributed by atoms with Gasteiger partial charge in [0.15, 0.2) is 5.82 Å². The molecule has 0 saturated carbocycles. The summed E-state index contributed by atoms with van der Waals surface area (Å²) in [5.74, 6) is 0.856. The fraction of sp³-hybridized carbons (Fsp3) is 0.333. The SMILES string of the molecule is CC(C)CCc1ccc(S(=O)(=O)Nc2ncnc(OCCO)c2Cc2ccccc2Cl)cc1. The van der Waals surface area contributed by atoms with E-state index in [1.54, 1.807) is 18.2 Å². The number of benzene rings is 2. The molecule has 2 N–H and O–H groups in total. The molecular formula is C24H28ClN3O4S. The number of hydrogen-bond donors (Lipinski definition) is 2. The van der Waals surface area contributed by atoms with Crippen LogP contribution < -0.4 is 9.46 Å². The normalized spacial score (nSPS) is 11.5. The Balaban J connectivity index is 1.90. The van der Waals surface area contributed by atoms with Gasteiger partial charge < -0.3 is 9.84 Å². The average molecular weight is 490 g/mol. The van der Waals surface area contributed by atoms with Gasteiger partial charge in [-0.15, -0.1) is 0 Å². The van der Waals surface area contributed by atoms with Crippen LogP contribution in [0.15, 0.2) is 59.8 Å². The minimum absolute atomic E-state index is 0.0105. The van der Waals surface area contributed by atoms with Crippen LogP contribution in [0.2, 0.25) is 5.02 Å². The van der Waals surface area contributed by atoms with Crippen LogP contribution in [0.4, 0.5) is 5.82 Å². The number of sulfonamides is 1. The van der Waals surface area contributed by atoms with E-state index < -0.39 is 10.0 Å². The summed E-state index contributed by atoms with van der Waals surface area (Å²) in [6.45, 7) is 4.11. The fourth-order valence-electron chi connectivity index (χ4n) is 3.22. The van der Waals surface area contributed by atoms with Crippen molar-refractivity contribution in [2.75, 3.05) is 17.9 Å². The first kappa shape index (κ1) is 25.0. The van der Waals surface area contributed by atoms with E-state index in [9.17, 15) is 8.42 Å². The van der Waals surface area contributed by atoms with Crippen LogP contribution in [0.1, 0.15) is 37.0 Å². The molecule has 0 unspecified atom stereocenters. The van der Waals surface area contributed by atoms with Crippen molar-refractivity contribution >= 4 is 27.4 Å². The summed E-state index contributed by atoms with van der Waals surface area (Å²) < 4.78 is 34.3. The molecule has 0 amide bonds. The highest BCUT2D eigenvalue weighted by Gasteiger charge is 2.21. The maximum Gasteiger partial charge on any atom is 0.263 e. The first-order valence-electron chi connectivity index (χ1n) is 10.7. The van der Waals surface area contributed by atoms with Gasteiger partial charge in [0, 0.05) is 11.4 Å². The van der Waals surface area contributed by atoms with Crippen molar-refractivity contribution < 1.29 is 18.3 Å². The summed E-state index contributed by atoms with van der Waals surface area (Å²) in [5.41, 5.74) is 2.28. The molecule has 0 aliphatic carbocycles. The first-order valence-corrected chi connectivity index (χ1v) is 12.6. The van der Waals surface area contributed by atoms with Gasteiger partial charge in [0.2, 0.25) is 5.88 Å². The lowest BCUT2D eigenvalue weighted by atomic mass is 10.0. The highest BCUT2D eigenvalue weighted by molar-refractivity contribution is 7.92. The van der Waals surface area contributed by atoms with Gasteiger partial charge in [0.25, 0.3) is 10.0 Å². The Morgan fingerprint density at radius 3 is 2.48 bits per heavy atom. The molecule has 0 aliphatic heterocycles.